The number of rotatable bonds is 6. The van der Waals surface area contributed by atoms with Gasteiger partial charge in [-0.1, -0.05) is 13.3 Å². The predicted molar refractivity (Wildman–Crippen MR) is 60.3 cm³/mol. The monoisotopic (exact) mass is 210 g/mol. The lowest BCUT2D eigenvalue weighted by atomic mass is 10.0. The zero-order valence-electron chi connectivity index (χ0n) is 9.46. The lowest BCUT2D eigenvalue weighted by Crippen LogP contribution is -2.25. The number of halogens is 1. The molecule has 0 bridgehead atoms. The zero-order chi connectivity index (χ0) is 11.1. The minimum atomic E-state index is -0.191. The third-order valence-corrected chi connectivity index (χ3v) is 2.66. The lowest BCUT2D eigenvalue weighted by molar-refractivity contribution is 0.478. The summed E-state index contributed by atoms with van der Waals surface area (Å²) < 4.78 is 13.2. The highest BCUT2D eigenvalue weighted by Crippen LogP contribution is 2.10. The van der Waals surface area contributed by atoms with Crippen molar-refractivity contribution in [2.24, 2.45) is 0 Å². The Bertz CT molecular complexity index is 289. The Morgan fingerprint density at radius 1 is 1.47 bits per heavy atom. The van der Waals surface area contributed by atoms with Crippen molar-refractivity contribution in [3.63, 3.8) is 0 Å². The average Bonchev–Trinajstić information content (AvgIpc) is 2.26. The smallest absolute Gasteiger partial charge is 0.144 e. The first-order valence-corrected chi connectivity index (χ1v) is 5.53. The Labute approximate surface area is 90.9 Å². The average molecular weight is 210 g/mol. The van der Waals surface area contributed by atoms with E-state index in [1.807, 2.05) is 7.05 Å². The van der Waals surface area contributed by atoms with Crippen LogP contribution in [0.15, 0.2) is 18.5 Å². The standard InChI is InChI=1S/C12H19FN2/c1-3-4-11(14-2)6-5-10-7-8-15-9-12(10)13/h7-9,11,14H,3-6H2,1-2H3. The summed E-state index contributed by atoms with van der Waals surface area (Å²) in [5.41, 5.74) is 0.765. The van der Waals surface area contributed by atoms with Crippen molar-refractivity contribution in [2.75, 3.05) is 7.05 Å². The highest BCUT2D eigenvalue weighted by molar-refractivity contribution is 5.12. The Balaban J connectivity index is 2.45. The molecular formula is C12H19FN2. The van der Waals surface area contributed by atoms with Crippen LogP contribution in [0.5, 0.6) is 0 Å². The van der Waals surface area contributed by atoms with Crippen molar-refractivity contribution >= 4 is 0 Å². The van der Waals surface area contributed by atoms with E-state index in [1.54, 1.807) is 12.3 Å². The second-order valence-electron chi connectivity index (χ2n) is 3.78. The van der Waals surface area contributed by atoms with Crippen LogP contribution in [0.3, 0.4) is 0 Å². The largest absolute Gasteiger partial charge is 0.317 e. The molecule has 84 valence electrons. The molecule has 0 aliphatic heterocycles. The normalized spacial score (nSPS) is 12.7. The van der Waals surface area contributed by atoms with Gasteiger partial charge in [0.05, 0.1) is 6.20 Å². The fourth-order valence-electron chi connectivity index (χ4n) is 1.72. The molecule has 1 aromatic heterocycles. The molecule has 0 fully saturated rings. The van der Waals surface area contributed by atoms with E-state index in [1.165, 1.54) is 6.20 Å². The molecule has 3 heteroatoms. The van der Waals surface area contributed by atoms with Crippen LogP contribution in [0.25, 0.3) is 0 Å². The maximum atomic E-state index is 13.2. The molecule has 0 amide bonds. The van der Waals surface area contributed by atoms with Gasteiger partial charge in [-0.3, -0.25) is 4.98 Å². The fraction of sp³-hybridized carbons (Fsp3) is 0.583. The maximum absolute atomic E-state index is 13.2. The first kappa shape index (κ1) is 12.1. The summed E-state index contributed by atoms with van der Waals surface area (Å²) in [6.07, 6.45) is 6.98. The van der Waals surface area contributed by atoms with Crippen LogP contribution in [0.1, 0.15) is 31.7 Å². The Hall–Kier alpha value is -0.960. The topological polar surface area (TPSA) is 24.9 Å². The number of aromatic nitrogens is 1. The first-order chi connectivity index (χ1) is 7.27. The van der Waals surface area contributed by atoms with E-state index in [-0.39, 0.29) is 5.82 Å². The van der Waals surface area contributed by atoms with Crippen LogP contribution in [-0.4, -0.2) is 18.1 Å². The molecule has 0 radical (unpaired) electrons. The van der Waals surface area contributed by atoms with E-state index in [0.717, 1.165) is 31.2 Å². The van der Waals surface area contributed by atoms with E-state index in [4.69, 9.17) is 0 Å². The summed E-state index contributed by atoms with van der Waals surface area (Å²) in [5, 5.41) is 3.25. The summed E-state index contributed by atoms with van der Waals surface area (Å²) in [5.74, 6) is -0.191. The molecule has 0 aromatic carbocycles. The molecule has 1 rings (SSSR count). The molecule has 0 spiro atoms. The lowest BCUT2D eigenvalue weighted by Gasteiger charge is -2.14. The van der Waals surface area contributed by atoms with E-state index in [2.05, 4.69) is 17.2 Å². The van der Waals surface area contributed by atoms with Crippen LogP contribution in [0, 0.1) is 5.82 Å². The van der Waals surface area contributed by atoms with Crippen LogP contribution >= 0.6 is 0 Å². The summed E-state index contributed by atoms with van der Waals surface area (Å²) in [7, 11) is 1.96. The van der Waals surface area contributed by atoms with Gasteiger partial charge in [-0.05, 0) is 37.9 Å². The van der Waals surface area contributed by atoms with E-state index < -0.39 is 0 Å². The van der Waals surface area contributed by atoms with Crippen molar-refractivity contribution in [3.05, 3.63) is 29.8 Å². The summed E-state index contributed by atoms with van der Waals surface area (Å²) in [6.45, 7) is 2.16. The van der Waals surface area contributed by atoms with Gasteiger partial charge >= 0.3 is 0 Å². The fourth-order valence-corrected chi connectivity index (χ4v) is 1.72. The molecule has 1 N–H and O–H groups in total. The molecule has 1 unspecified atom stereocenters. The van der Waals surface area contributed by atoms with Crippen molar-refractivity contribution < 1.29 is 4.39 Å². The van der Waals surface area contributed by atoms with Crippen molar-refractivity contribution in [1.82, 2.24) is 10.3 Å². The maximum Gasteiger partial charge on any atom is 0.144 e. The highest BCUT2D eigenvalue weighted by atomic mass is 19.1. The van der Waals surface area contributed by atoms with Crippen molar-refractivity contribution in [3.8, 4) is 0 Å². The zero-order valence-corrected chi connectivity index (χ0v) is 9.46. The summed E-state index contributed by atoms with van der Waals surface area (Å²) >= 11 is 0. The quantitative estimate of drug-likeness (QED) is 0.780. The second kappa shape index (κ2) is 6.51. The van der Waals surface area contributed by atoms with Gasteiger partial charge in [0.2, 0.25) is 0 Å². The number of hydrogen-bond acceptors (Lipinski definition) is 2. The summed E-state index contributed by atoms with van der Waals surface area (Å²) in [6, 6.07) is 2.25. The predicted octanol–water partition coefficient (Wildman–Crippen LogP) is 2.54. The summed E-state index contributed by atoms with van der Waals surface area (Å²) in [4.78, 5) is 3.74. The van der Waals surface area contributed by atoms with Gasteiger partial charge in [-0.2, -0.15) is 0 Å². The van der Waals surface area contributed by atoms with Gasteiger partial charge in [-0.15, -0.1) is 0 Å². The molecule has 1 aromatic rings. The van der Waals surface area contributed by atoms with E-state index >= 15 is 0 Å². The van der Waals surface area contributed by atoms with Gasteiger partial charge in [-0.25, -0.2) is 4.39 Å². The Kier molecular flexibility index (Phi) is 5.26. The Morgan fingerprint density at radius 3 is 2.87 bits per heavy atom. The highest BCUT2D eigenvalue weighted by Gasteiger charge is 2.07. The second-order valence-corrected chi connectivity index (χ2v) is 3.78. The number of pyridine rings is 1. The van der Waals surface area contributed by atoms with Crippen LogP contribution < -0.4 is 5.32 Å². The molecule has 0 saturated carbocycles. The number of hydrogen-bond donors (Lipinski definition) is 1. The number of nitrogens with zero attached hydrogens (tertiary/aromatic N) is 1. The molecule has 0 saturated heterocycles. The number of aryl methyl sites for hydroxylation is 1. The Morgan fingerprint density at radius 2 is 2.27 bits per heavy atom. The molecule has 15 heavy (non-hydrogen) atoms. The molecule has 1 heterocycles. The van der Waals surface area contributed by atoms with Crippen LogP contribution in [0.4, 0.5) is 4.39 Å². The van der Waals surface area contributed by atoms with Crippen LogP contribution in [-0.2, 0) is 6.42 Å². The third kappa shape index (κ3) is 3.96. The van der Waals surface area contributed by atoms with E-state index in [0.29, 0.717) is 6.04 Å². The van der Waals surface area contributed by atoms with Crippen LogP contribution in [0.2, 0.25) is 0 Å². The van der Waals surface area contributed by atoms with Gasteiger partial charge in [0.1, 0.15) is 5.82 Å². The first-order valence-electron chi connectivity index (χ1n) is 5.53. The van der Waals surface area contributed by atoms with Gasteiger partial charge < -0.3 is 5.32 Å². The van der Waals surface area contributed by atoms with Crippen molar-refractivity contribution in [2.45, 2.75) is 38.6 Å². The van der Waals surface area contributed by atoms with Crippen molar-refractivity contribution in [1.29, 1.82) is 0 Å². The molecule has 2 nitrogen and oxygen atoms in total. The third-order valence-electron chi connectivity index (χ3n) is 2.66. The van der Waals surface area contributed by atoms with Gasteiger partial charge in [0.15, 0.2) is 0 Å². The number of nitrogens with one attached hydrogen (secondary N) is 1. The van der Waals surface area contributed by atoms with E-state index in [9.17, 15) is 4.39 Å². The molecule has 0 aliphatic carbocycles. The molecule has 0 aliphatic rings. The molecular weight excluding hydrogens is 191 g/mol. The SMILES string of the molecule is CCCC(CCc1ccncc1F)NC. The van der Waals surface area contributed by atoms with Gasteiger partial charge in [0.25, 0.3) is 0 Å². The van der Waals surface area contributed by atoms with Gasteiger partial charge in [0, 0.05) is 12.2 Å². The minimum Gasteiger partial charge on any atom is -0.317 e. The minimum absolute atomic E-state index is 0.191. The molecule has 1 atom stereocenters.